The lowest BCUT2D eigenvalue weighted by molar-refractivity contribution is -0.162. The molecular weight excluding hydrogens is 819 g/mol. The molecule has 1 aromatic carbocycles. The fourth-order valence-electron chi connectivity index (χ4n) is 6.63. The summed E-state index contributed by atoms with van der Waals surface area (Å²) in [6, 6.07) is 4.91. The van der Waals surface area contributed by atoms with Gasteiger partial charge in [-0.05, 0) is 74.0 Å². The Bertz CT molecular complexity index is 1680. The van der Waals surface area contributed by atoms with Gasteiger partial charge in [0.15, 0.2) is 6.29 Å². The first kappa shape index (κ1) is 52.1. The maximum absolute atomic E-state index is 13.2. The minimum Gasteiger partial charge on any atom is -0.495 e. The quantitative estimate of drug-likeness (QED) is 0.0267. The maximum atomic E-state index is 13.2. The van der Waals surface area contributed by atoms with Gasteiger partial charge >= 0.3 is 12.1 Å². The SMILES string of the molecule is C/C=C/C=C(\C)Cc1ccc(Cl)c(OC)c1.CNC(=O)CC(OC(=O)C(C)N(C)C(=O)CCCCCN1C(=O)CCC1=O)C1(C)OC1C(C)C(CC(O)OC)OC(=O)NP. The molecule has 2 aliphatic heterocycles. The van der Waals surface area contributed by atoms with Crippen molar-refractivity contribution in [3.05, 3.63) is 52.6 Å². The molecule has 2 aliphatic rings. The van der Waals surface area contributed by atoms with Gasteiger partial charge in [-0.2, -0.15) is 0 Å². The third-order valence-corrected chi connectivity index (χ3v) is 11.1. The first-order chi connectivity index (χ1) is 28.4. The highest BCUT2D eigenvalue weighted by molar-refractivity contribution is 7.15. The molecule has 0 radical (unpaired) electrons. The molecule has 0 saturated carbocycles. The van der Waals surface area contributed by atoms with E-state index in [1.807, 2.05) is 46.7 Å². The molecule has 60 heavy (non-hydrogen) atoms. The Labute approximate surface area is 361 Å². The van der Waals surface area contributed by atoms with Crippen molar-refractivity contribution < 1.29 is 57.6 Å². The number of hydrogen-bond acceptors (Lipinski definition) is 12. The Morgan fingerprint density at radius 2 is 1.78 bits per heavy atom. The third-order valence-electron chi connectivity index (χ3n) is 10.6. The number of rotatable bonds is 22. The number of ether oxygens (including phenoxy) is 5. The second kappa shape index (κ2) is 25.6. The van der Waals surface area contributed by atoms with Gasteiger partial charge in [0.2, 0.25) is 23.6 Å². The smallest absolute Gasteiger partial charge is 0.410 e. The maximum Gasteiger partial charge on any atom is 0.410 e. The van der Waals surface area contributed by atoms with Crippen LogP contribution in [0.3, 0.4) is 0 Å². The van der Waals surface area contributed by atoms with Crippen LogP contribution in [0.25, 0.3) is 0 Å². The van der Waals surface area contributed by atoms with Crippen LogP contribution in [0.1, 0.15) is 91.5 Å². The second-order valence-corrected chi connectivity index (χ2v) is 15.7. The number of likely N-dealkylation sites (N-methyl/N-ethyl adjacent to an activating group) is 1. The molecule has 0 aliphatic carbocycles. The van der Waals surface area contributed by atoms with Crippen LogP contribution in [0.5, 0.6) is 5.75 Å². The van der Waals surface area contributed by atoms with Gasteiger partial charge in [-0.1, -0.05) is 54.8 Å². The summed E-state index contributed by atoms with van der Waals surface area (Å²) in [5.74, 6) is -1.51. The van der Waals surface area contributed by atoms with Gasteiger partial charge in [-0.15, -0.1) is 0 Å². The van der Waals surface area contributed by atoms with Crippen molar-refractivity contribution in [1.29, 1.82) is 0 Å². The summed E-state index contributed by atoms with van der Waals surface area (Å²) in [5.41, 5.74) is 1.39. The minimum absolute atomic E-state index is 0.0515. The molecule has 1 aromatic rings. The number of aliphatic hydroxyl groups excluding tert-OH is 1. The lowest BCUT2D eigenvalue weighted by atomic mass is 9.87. The molecular formula is C42H64ClN4O12P. The highest BCUT2D eigenvalue weighted by Gasteiger charge is 2.63. The van der Waals surface area contributed by atoms with E-state index in [4.69, 9.17) is 35.3 Å². The monoisotopic (exact) mass is 882 g/mol. The predicted octanol–water partition coefficient (Wildman–Crippen LogP) is 5.04. The molecule has 18 heteroatoms. The van der Waals surface area contributed by atoms with Crippen LogP contribution >= 0.6 is 21.0 Å². The molecule has 336 valence electrons. The number of amides is 5. The summed E-state index contributed by atoms with van der Waals surface area (Å²) in [6.07, 6.45) is 4.76. The molecule has 8 unspecified atom stereocenters. The van der Waals surface area contributed by atoms with Gasteiger partial charge in [0.25, 0.3) is 0 Å². The zero-order valence-corrected chi connectivity index (χ0v) is 38.2. The number of halogens is 1. The highest BCUT2D eigenvalue weighted by Crippen LogP contribution is 2.48. The molecule has 2 heterocycles. The summed E-state index contributed by atoms with van der Waals surface area (Å²) >= 11 is 5.97. The number of hydrogen-bond donors (Lipinski definition) is 3. The van der Waals surface area contributed by atoms with Gasteiger partial charge < -0.3 is 44.1 Å². The second-order valence-electron chi connectivity index (χ2n) is 15.0. The first-order valence-corrected chi connectivity index (χ1v) is 21.0. The van der Waals surface area contributed by atoms with E-state index in [0.29, 0.717) is 30.8 Å². The Balaban J connectivity index is 0.000000646. The van der Waals surface area contributed by atoms with Gasteiger partial charge in [-0.3, -0.25) is 24.1 Å². The Morgan fingerprint density at radius 3 is 2.37 bits per heavy atom. The number of nitrogens with zero attached hydrogens (tertiary/aromatic N) is 2. The minimum atomic E-state index is -1.21. The van der Waals surface area contributed by atoms with Crippen LogP contribution in [0.2, 0.25) is 5.02 Å². The lowest BCUT2D eigenvalue weighted by Gasteiger charge is -2.29. The van der Waals surface area contributed by atoms with E-state index >= 15 is 0 Å². The molecule has 0 bridgehead atoms. The van der Waals surface area contributed by atoms with Crippen molar-refractivity contribution >= 4 is 56.7 Å². The summed E-state index contributed by atoms with van der Waals surface area (Å²) in [6.45, 7) is 9.40. The van der Waals surface area contributed by atoms with Gasteiger partial charge in [0, 0.05) is 59.4 Å². The Kier molecular flexibility index (Phi) is 22.2. The first-order valence-electron chi connectivity index (χ1n) is 20.0. The predicted molar refractivity (Wildman–Crippen MR) is 229 cm³/mol. The number of carbonyl (C=O) groups is 6. The number of carbonyl (C=O) groups excluding carboxylic acids is 6. The zero-order chi connectivity index (χ0) is 45.2. The van der Waals surface area contributed by atoms with Crippen LogP contribution < -0.4 is 15.1 Å². The molecule has 8 atom stereocenters. The van der Waals surface area contributed by atoms with Crippen molar-refractivity contribution in [3.63, 3.8) is 0 Å². The van der Waals surface area contributed by atoms with Gasteiger partial charge in [0.1, 0.15) is 29.6 Å². The number of imide groups is 1. The summed E-state index contributed by atoms with van der Waals surface area (Å²) in [5, 5.41) is 15.5. The van der Waals surface area contributed by atoms with E-state index in [9.17, 15) is 33.9 Å². The number of methoxy groups -OCH3 is 2. The summed E-state index contributed by atoms with van der Waals surface area (Å²) in [7, 11) is 7.91. The number of benzene rings is 1. The molecule has 16 nitrogen and oxygen atoms in total. The van der Waals surface area contributed by atoms with E-state index in [1.54, 1.807) is 21.0 Å². The number of allylic oxidation sites excluding steroid dienone is 4. The van der Waals surface area contributed by atoms with E-state index < -0.39 is 60.1 Å². The van der Waals surface area contributed by atoms with Crippen molar-refractivity contribution in [3.8, 4) is 5.75 Å². The number of likely N-dealkylation sites (tertiary alicyclic amines) is 1. The third kappa shape index (κ3) is 16.1. The van der Waals surface area contributed by atoms with Crippen molar-refractivity contribution in [2.75, 3.05) is 34.9 Å². The van der Waals surface area contributed by atoms with Crippen LogP contribution in [-0.2, 0) is 49.3 Å². The van der Waals surface area contributed by atoms with E-state index in [1.165, 1.54) is 49.1 Å². The fourth-order valence-corrected chi connectivity index (χ4v) is 6.89. The lowest BCUT2D eigenvalue weighted by Crippen LogP contribution is -2.46. The molecule has 0 spiro atoms. The largest absolute Gasteiger partial charge is 0.495 e. The molecule has 5 amide bonds. The van der Waals surface area contributed by atoms with Crippen LogP contribution in [0.15, 0.2) is 42.0 Å². The standard InChI is InChI=1S/C28H47N4O11P.C14H17ClO/c1-16(18(14-24(37)40-6)41-27(39)30-44)25-28(3,43-25)19(15-20(33)29-4)42-26(38)17(2)31(5)21(34)10-8-7-9-13-32-22(35)11-12-23(32)36;1-4-5-6-11(2)9-12-7-8-13(15)14(10-12)16-3/h16-19,24-25,37H,7-15,44H2,1-6H3,(H,29,33)(H,30,39);4-8,10H,9H2,1-3H3/b;5-4+,11-6+. The Hall–Kier alpha value is -4.08. The average Bonchev–Trinajstić information content (AvgIpc) is 3.83. The molecule has 0 aromatic heterocycles. The number of unbranched alkanes of at least 4 members (excludes halogenated alkanes) is 2. The van der Waals surface area contributed by atoms with Gasteiger partial charge in [0.05, 0.1) is 24.7 Å². The summed E-state index contributed by atoms with van der Waals surface area (Å²) in [4.78, 5) is 76.3. The van der Waals surface area contributed by atoms with E-state index in [-0.39, 0.29) is 49.8 Å². The summed E-state index contributed by atoms with van der Waals surface area (Å²) < 4.78 is 27.3. The number of nitrogens with one attached hydrogen (secondary N) is 2. The van der Waals surface area contributed by atoms with Crippen LogP contribution in [0.4, 0.5) is 4.79 Å². The number of esters is 1. The molecule has 3 rings (SSSR count). The molecule has 2 fully saturated rings. The molecule has 3 N–H and O–H groups in total. The average molecular weight is 883 g/mol. The Morgan fingerprint density at radius 1 is 1.12 bits per heavy atom. The van der Waals surface area contributed by atoms with E-state index in [0.717, 1.165) is 12.2 Å². The van der Waals surface area contributed by atoms with Gasteiger partial charge in [-0.25, -0.2) is 9.59 Å². The van der Waals surface area contributed by atoms with Crippen molar-refractivity contribution in [2.45, 2.75) is 129 Å². The molecule has 2 saturated heterocycles. The topological polar surface area (TPSA) is 203 Å². The number of epoxide rings is 1. The van der Waals surface area contributed by atoms with Crippen molar-refractivity contribution in [2.24, 2.45) is 5.92 Å². The van der Waals surface area contributed by atoms with Crippen molar-refractivity contribution in [1.82, 2.24) is 20.2 Å². The normalized spacial score (nSPS) is 20.0. The number of aliphatic hydroxyl groups is 1. The van der Waals surface area contributed by atoms with Crippen LogP contribution in [-0.4, -0.2) is 122 Å². The zero-order valence-electron chi connectivity index (χ0n) is 36.3. The van der Waals surface area contributed by atoms with E-state index in [2.05, 4.69) is 23.4 Å². The highest BCUT2D eigenvalue weighted by atomic mass is 35.5. The fraction of sp³-hybridized carbons (Fsp3) is 0.619. The van der Waals surface area contributed by atoms with Crippen LogP contribution in [0, 0.1) is 5.92 Å².